The maximum atomic E-state index is 4.80. The lowest BCUT2D eigenvalue weighted by molar-refractivity contribution is 1.13. The number of nitrogens with zero attached hydrogens (tertiary/aromatic N) is 1. The summed E-state index contributed by atoms with van der Waals surface area (Å²) in [6, 6.07) is 7.98. The number of nitrogens with one attached hydrogen (secondary N) is 1. The summed E-state index contributed by atoms with van der Waals surface area (Å²) >= 11 is 8.79. The Morgan fingerprint density at radius 1 is 1.31 bits per heavy atom. The second-order valence-corrected chi connectivity index (χ2v) is 4.03. The molecule has 0 aliphatic rings. The van der Waals surface area contributed by atoms with Gasteiger partial charge in [0.05, 0.1) is 0 Å². The molecule has 1 N–H and O–H groups in total. The van der Waals surface area contributed by atoms with Crippen LogP contribution in [-0.2, 0) is 0 Å². The molecule has 0 unspecified atom stereocenters. The minimum Gasteiger partial charge on any atom is -0.378 e. The van der Waals surface area contributed by atoms with Crippen molar-refractivity contribution in [3.8, 4) is 0 Å². The highest BCUT2D eigenvalue weighted by molar-refractivity contribution is 8.11. The Hall–Kier alpha value is -0.740. The first-order valence-electron chi connectivity index (χ1n) is 3.87. The molecule has 0 saturated heterocycles. The van der Waals surface area contributed by atoms with E-state index in [1.165, 1.54) is 0 Å². The van der Waals surface area contributed by atoms with Crippen molar-refractivity contribution in [3.63, 3.8) is 0 Å². The van der Waals surface area contributed by atoms with E-state index >= 15 is 0 Å². The molecule has 4 heteroatoms. The first-order valence-corrected chi connectivity index (χ1v) is 4.72. The number of thiocarbonyl (C=S) groups is 1. The van der Waals surface area contributed by atoms with Gasteiger partial charge in [0.1, 0.15) is 4.32 Å². The Morgan fingerprint density at radius 3 is 2.23 bits per heavy atom. The molecule has 70 valence electrons. The Labute approximate surface area is 89.3 Å². The lowest BCUT2D eigenvalue weighted by atomic mass is 10.3. The van der Waals surface area contributed by atoms with Crippen LogP contribution >= 0.6 is 24.8 Å². The highest BCUT2D eigenvalue weighted by Crippen LogP contribution is 2.15. The largest absolute Gasteiger partial charge is 0.378 e. The van der Waals surface area contributed by atoms with Crippen LogP contribution in [0.3, 0.4) is 0 Å². The summed E-state index contributed by atoms with van der Waals surface area (Å²) in [6.07, 6.45) is 0. The molecule has 0 heterocycles. The van der Waals surface area contributed by atoms with Crippen molar-refractivity contribution in [2.75, 3.05) is 24.3 Å². The number of thiol groups is 1. The maximum absolute atomic E-state index is 4.80. The molecule has 0 atom stereocenters. The van der Waals surface area contributed by atoms with Gasteiger partial charge in [0.25, 0.3) is 0 Å². The van der Waals surface area contributed by atoms with E-state index < -0.39 is 0 Å². The van der Waals surface area contributed by atoms with E-state index in [1.807, 2.05) is 43.3 Å². The molecule has 0 amide bonds. The number of hydrogen-bond donors (Lipinski definition) is 2. The first kappa shape index (κ1) is 10.3. The highest BCUT2D eigenvalue weighted by atomic mass is 32.1. The molecule has 13 heavy (non-hydrogen) atoms. The van der Waals surface area contributed by atoms with Gasteiger partial charge in [-0.25, -0.2) is 0 Å². The topological polar surface area (TPSA) is 15.3 Å². The average molecular weight is 212 g/mol. The summed E-state index contributed by atoms with van der Waals surface area (Å²) in [4.78, 5) is 2.04. The van der Waals surface area contributed by atoms with Crippen molar-refractivity contribution in [3.05, 3.63) is 24.3 Å². The fourth-order valence-corrected chi connectivity index (χ4v) is 1.21. The molecule has 0 aromatic heterocycles. The van der Waals surface area contributed by atoms with Crippen LogP contribution in [0.15, 0.2) is 24.3 Å². The molecule has 0 aliphatic heterocycles. The number of benzene rings is 1. The quantitative estimate of drug-likeness (QED) is 0.578. The fraction of sp³-hybridized carbons (Fsp3) is 0.222. The van der Waals surface area contributed by atoms with Gasteiger partial charge in [0.15, 0.2) is 0 Å². The smallest absolute Gasteiger partial charge is 0.135 e. The highest BCUT2D eigenvalue weighted by Gasteiger charge is 1.95. The standard InChI is InChI=1S/C9H12N2S2/c1-11(2)8-5-3-7(4-6-8)10-9(12)13/h3-6H,1-2H3,(H2,10,12,13). The minimum absolute atomic E-state index is 0.484. The van der Waals surface area contributed by atoms with Gasteiger partial charge in [-0.05, 0) is 24.3 Å². The third-order valence-electron chi connectivity index (χ3n) is 1.63. The molecule has 0 aliphatic carbocycles. The molecule has 0 spiro atoms. The van der Waals surface area contributed by atoms with Crippen LogP contribution in [-0.4, -0.2) is 18.4 Å². The van der Waals surface area contributed by atoms with Gasteiger partial charge in [-0.1, -0.05) is 12.2 Å². The van der Waals surface area contributed by atoms with Crippen molar-refractivity contribution in [1.82, 2.24) is 0 Å². The van der Waals surface area contributed by atoms with E-state index in [1.54, 1.807) is 0 Å². The van der Waals surface area contributed by atoms with E-state index in [0.29, 0.717) is 4.32 Å². The third-order valence-corrected chi connectivity index (χ3v) is 1.85. The summed E-state index contributed by atoms with van der Waals surface area (Å²) < 4.78 is 0.484. The molecular weight excluding hydrogens is 200 g/mol. The Balaban J connectivity index is 2.75. The molecule has 0 fully saturated rings. The van der Waals surface area contributed by atoms with E-state index in [2.05, 4.69) is 17.9 Å². The van der Waals surface area contributed by atoms with Crippen molar-refractivity contribution in [1.29, 1.82) is 0 Å². The average Bonchev–Trinajstić information content (AvgIpc) is 2.04. The van der Waals surface area contributed by atoms with Gasteiger partial charge < -0.3 is 10.2 Å². The molecule has 1 rings (SSSR count). The second kappa shape index (κ2) is 4.48. The zero-order chi connectivity index (χ0) is 9.84. The Kier molecular flexibility index (Phi) is 3.57. The molecule has 0 bridgehead atoms. The lowest BCUT2D eigenvalue weighted by Gasteiger charge is -2.12. The molecule has 1 aromatic carbocycles. The molecule has 0 saturated carbocycles. The first-order chi connectivity index (χ1) is 6.09. The van der Waals surface area contributed by atoms with Crippen LogP contribution in [0, 0.1) is 0 Å². The second-order valence-electron chi connectivity index (χ2n) is 2.87. The summed E-state index contributed by atoms with van der Waals surface area (Å²) in [5.74, 6) is 0. The molecule has 2 nitrogen and oxygen atoms in total. The monoisotopic (exact) mass is 212 g/mol. The zero-order valence-corrected chi connectivity index (χ0v) is 9.32. The van der Waals surface area contributed by atoms with Gasteiger partial charge in [0.2, 0.25) is 0 Å². The molecule has 0 radical (unpaired) electrons. The minimum atomic E-state index is 0.484. The Bertz CT molecular complexity index is 293. The number of rotatable bonds is 2. The zero-order valence-electron chi connectivity index (χ0n) is 7.61. The maximum Gasteiger partial charge on any atom is 0.135 e. The summed E-state index contributed by atoms with van der Waals surface area (Å²) in [5.41, 5.74) is 2.13. The van der Waals surface area contributed by atoms with Crippen molar-refractivity contribution >= 4 is 40.5 Å². The van der Waals surface area contributed by atoms with Gasteiger partial charge in [-0.15, -0.1) is 12.6 Å². The van der Waals surface area contributed by atoms with Gasteiger partial charge in [-0.3, -0.25) is 0 Å². The summed E-state index contributed by atoms with van der Waals surface area (Å²) in [7, 11) is 4.01. The summed E-state index contributed by atoms with van der Waals surface area (Å²) in [5, 5.41) is 2.95. The van der Waals surface area contributed by atoms with E-state index in [9.17, 15) is 0 Å². The number of anilines is 2. The SMILES string of the molecule is CN(C)c1ccc(NC(=S)S)cc1. The Morgan fingerprint density at radius 2 is 1.85 bits per heavy atom. The van der Waals surface area contributed by atoms with Crippen molar-refractivity contribution in [2.24, 2.45) is 0 Å². The van der Waals surface area contributed by atoms with Crippen LogP contribution in [0.2, 0.25) is 0 Å². The van der Waals surface area contributed by atoms with Gasteiger partial charge in [-0.2, -0.15) is 0 Å². The molecule has 1 aromatic rings. The van der Waals surface area contributed by atoms with Gasteiger partial charge >= 0.3 is 0 Å². The van der Waals surface area contributed by atoms with Crippen LogP contribution < -0.4 is 10.2 Å². The van der Waals surface area contributed by atoms with E-state index in [-0.39, 0.29) is 0 Å². The normalized spacial score (nSPS) is 9.46. The third kappa shape index (κ3) is 3.24. The predicted octanol–water partition coefficient (Wildman–Crippen LogP) is 2.38. The lowest BCUT2D eigenvalue weighted by Crippen LogP contribution is -2.08. The predicted molar refractivity (Wildman–Crippen MR) is 66.0 cm³/mol. The van der Waals surface area contributed by atoms with Crippen molar-refractivity contribution < 1.29 is 0 Å². The fourth-order valence-electron chi connectivity index (χ4n) is 0.966. The van der Waals surface area contributed by atoms with E-state index in [0.717, 1.165) is 11.4 Å². The number of hydrogen-bond acceptors (Lipinski definition) is 2. The van der Waals surface area contributed by atoms with Crippen LogP contribution in [0.1, 0.15) is 0 Å². The van der Waals surface area contributed by atoms with Crippen LogP contribution in [0.25, 0.3) is 0 Å². The van der Waals surface area contributed by atoms with E-state index in [4.69, 9.17) is 12.2 Å². The van der Waals surface area contributed by atoms with Crippen LogP contribution in [0.5, 0.6) is 0 Å². The molecular formula is C9H12N2S2. The van der Waals surface area contributed by atoms with Gasteiger partial charge in [0, 0.05) is 25.5 Å². The van der Waals surface area contributed by atoms with Crippen LogP contribution in [0.4, 0.5) is 11.4 Å². The summed E-state index contributed by atoms with van der Waals surface area (Å²) in [6.45, 7) is 0. The van der Waals surface area contributed by atoms with Crippen molar-refractivity contribution in [2.45, 2.75) is 0 Å².